The van der Waals surface area contributed by atoms with E-state index < -0.39 is 23.4 Å². The van der Waals surface area contributed by atoms with E-state index in [0.717, 1.165) is 18.3 Å². The Bertz CT molecular complexity index is 484. The molecule has 0 aliphatic rings. The van der Waals surface area contributed by atoms with Crippen molar-refractivity contribution in [3.05, 3.63) is 23.9 Å². The van der Waals surface area contributed by atoms with Gasteiger partial charge in [0.15, 0.2) is 0 Å². The van der Waals surface area contributed by atoms with Gasteiger partial charge in [-0.2, -0.15) is 13.2 Å². The number of alkyl halides is 3. The monoisotopic (exact) mass is 305 g/mol. The second kappa shape index (κ2) is 6.64. The van der Waals surface area contributed by atoms with E-state index in [1.54, 1.807) is 20.8 Å². The maximum absolute atomic E-state index is 12.5. The van der Waals surface area contributed by atoms with E-state index in [0.29, 0.717) is 0 Å². The van der Waals surface area contributed by atoms with Gasteiger partial charge < -0.3 is 15.4 Å². The predicted octanol–water partition coefficient (Wildman–Crippen LogP) is 3.04. The summed E-state index contributed by atoms with van der Waals surface area (Å²) in [5.41, 5.74) is -1.37. The molecule has 1 rings (SSSR count). The van der Waals surface area contributed by atoms with Gasteiger partial charge in [-0.1, -0.05) is 0 Å². The van der Waals surface area contributed by atoms with Gasteiger partial charge in [0.2, 0.25) is 0 Å². The zero-order valence-corrected chi connectivity index (χ0v) is 12.0. The van der Waals surface area contributed by atoms with E-state index in [1.165, 1.54) is 0 Å². The molecule has 0 radical (unpaired) electrons. The molecule has 0 atom stereocenters. The number of hydrogen-bond donors (Lipinski definition) is 2. The highest BCUT2D eigenvalue weighted by Crippen LogP contribution is 2.29. The summed E-state index contributed by atoms with van der Waals surface area (Å²) in [6, 6.07) is 1.80. The SMILES string of the molecule is CC(C)(C)OC(=O)NCCNc1cc(C(F)(F)F)ccn1. The van der Waals surface area contributed by atoms with Crippen LogP contribution in [0.15, 0.2) is 18.3 Å². The summed E-state index contributed by atoms with van der Waals surface area (Å²) in [7, 11) is 0. The minimum Gasteiger partial charge on any atom is -0.444 e. The number of carbonyl (C=O) groups is 1. The fraction of sp³-hybridized carbons (Fsp3) is 0.538. The molecule has 1 amide bonds. The minimum absolute atomic E-state index is 0.0933. The molecule has 2 N–H and O–H groups in total. The molecule has 0 unspecified atom stereocenters. The lowest BCUT2D eigenvalue weighted by Gasteiger charge is -2.19. The molecule has 21 heavy (non-hydrogen) atoms. The van der Waals surface area contributed by atoms with E-state index in [4.69, 9.17) is 4.74 Å². The number of pyridine rings is 1. The summed E-state index contributed by atoms with van der Waals surface area (Å²) in [5, 5.41) is 5.17. The molecule has 0 saturated heterocycles. The Hall–Kier alpha value is -1.99. The molecule has 1 aromatic rings. The number of hydrogen-bond acceptors (Lipinski definition) is 4. The Morgan fingerprint density at radius 3 is 2.52 bits per heavy atom. The summed E-state index contributed by atoms with van der Waals surface area (Å²) in [4.78, 5) is 15.1. The van der Waals surface area contributed by atoms with Gasteiger partial charge in [0.25, 0.3) is 0 Å². The van der Waals surface area contributed by atoms with Crippen LogP contribution in [-0.4, -0.2) is 29.8 Å². The van der Waals surface area contributed by atoms with Crippen LogP contribution in [-0.2, 0) is 10.9 Å². The van der Waals surface area contributed by atoms with Crippen molar-refractivity contribution in [3.8, 4) is 0 Å². The summed E-state index contributed by atoms with van der Waals surface area (Å²) in [6.45, 7) is 5.63. The van der Waals surface area contributed by atoms with Crippen LogP contribution in [0.1, 0.15) is 26.3 Å². The average Bonchev–Trinajstić information content (AvgIpc) is 2.32. The van der Waals surface area contributed by atoms with Crippen molar-refractivity contribution >= 4 is 11.9 Å². The Morgan fingerprint density at radius 2 is 1.95 bits per heavy atom. The molecule has 0 spiro atoms. The first kappa shape index (κ1) is 17.1. The van der Waals surface area contributed by atoms with Crippen LogP contribution in [0.25, 0.3) is 0 Å². The van der Waals surface area contributed by atoms with Crippen molar-refractivity contribution in [1.29, 1.82) is 0 Å². The molecule has 0 bridgehead atoms. The van der Waals surface area contributed by atoms with E-state index >= 15 is 0 Å². The molecule has 118 valence electrons. The van der Waals surface area contributed by atoms with Crippen LogP contribution in [0.4, 0.5) is 23.8 Å². The van der Waals surface area contributed by atoms with Crippen molar-refractivity contribution in [3.63, 3.8) is 0 Å². The third-order valence-electron chi connectivity index (χ3n) is 2.19. The van der Waals surface area contributed by atoms with Crippen molar-refractivity contribution < 1.29 is 22.7 Å². The Balaban J connectivity index is 2.38. The quantitative estimate of drug-likeness (QED) is 0.839. The van der Waals surface area contributed by atoms with Crippen LogP contribution in [0, 0.1) is 0 Å². The van der Waals surface area contributed by atoms with Crippen LogP contribution in [0.2, 0.25) is 0 Å². The molecule has 0 aliphatic heterocycles. The Kier molecular flexibility index (Phi) is 5.40. The standard InChI is InChI=1S/C13H18F3N3O2/c1-12(2,3)21-11(20)19-7-6-18-10-8-9(4-5-17-10)13(14,15)16/h4-5,8H,6-7H2,1-3H3,(H,17,18)(H,19,20). The van der Waals surface area contributed by atoms with Crippen molar-refractivity contribution in [1.82, 2.24) is 10.3 Å². The number of rotatable bonds is 4. The van der Waals surface area contributed by atoms with Gasteiger partial charge in [0.05, 0.1) is 5.56 Å². The van der Waals surface area contributed by atoms with Crippen molar-refractivity contribution in [2.75, 3.05) is 18.4 Å². The number of alkyl carbamates (subject to hydrolysis) is 1. The molecule has 5 nitrogen and oxygen atoms in total. The molecular formula is C13H18F3N3O2. The number of amides is 1. The number of nitrogens with one attached hydrogen (secondary N) is 2. The van der Waals surface area contributed by atoms with Crippen LogP contribution >= 0.6 is 0 Å². The second-order valence-corrected chi connectivity index (χ2v) is 5.28. The normalized spacial score (nSPS) is 11.9. The molecule has 1 aromatic heterocycles. The fourth-order valence-electron chi connectivity index (χ4n) is 1.37. The number of aromatic nitrogens is 1. The summed E-state index contributed by atoms with van der Waals surface area (Å²) in [5.74, 6) is 0.0933. The van der Waals surface area contributed by atoms with Gasteiger partial charge in [-0.15, -0.1) is 0 Å². The van der Waals surface area contributed by atoms with Crippen molar-refractivity contribution in [2.45, 2.75) is 32.5 Å². The van der Waals surface area contributed by atoms with Gasteiger partial charge in [-0.25, -0.2) is 9.78 Å². The van der Waals surface area contributed by atoms with Gasteiger partial charge >= 0.3 is 12.3 Å². The fourth-order valence-corrected chi connectivity index (χ4v) is 1.37. The highest BCUT2D eigenvalue weighted by atomic mass is 19.4. The lowest BCUT2D eigenvalue weighted by molar-refractivity contribution is -0.137. The number of anilines is 1. The molecule has 1 heterocycles. The molecule has 0 fully saturated rings. The van der Waals surface area contributed by atoms with Gasteiger partial charge in [-0.3, -0.25) is 0 Å². The van der Waals surface area contributed by atoms with E-state index in [9.17, 15) is 18.0 Å². The maximum atomic E-state index is 12.5. The molecule has 8 heteroatoms. The summed E-state index contributed by atoms with van der Waals surface area (Å²) < 4.78 is 42.5. The highest BCUT2D eigenvalue weighted by Gasteiger charge is 2.30. The Labute approximate surface area is 120 Å². The van der Waals surface area contributed by atoms with Crippen molar-refractivity contribution in [2.24, 2.45) is 0 Å². The minimum atomic E-state index is -4.41. The van der Waals surface area contributed by atoms with E-state index in [-0.39, 0.29) is 18.9 Å². The summed E-state index contributed by atoms with van der Waals surface area (Å²) >= 11 is 0. The lowest BCUT2D eigenvalue weighted by Crippen LogP contribution is -2.35. The third kappa shape index (κ3) is 6.82. The van der Waals surface area contributed by atoms with Gasteiger partial charge in [-0.05, 0) is 32.9 Å². The van der Waals surface area contributed by atoms with E-state index in [2.05, 4.69) is 15.6 Å². The second-order valence-electron chi connectivity index (χ2n) is 5.28. The predicted molar refractivity (Wildman–Crippen MR) is 72.0 cm³/mol. The summed E-state index contributed by atoms with van der Waals surface area (Å²) in [6.07, 6.45) is -3.91. The topological polar surface area (TPSA) is 63.2 Å². The first-order valence-corrected chi connectivity index (χ1v) is 6.32. The smallest absolute Gasteiger partial charge is 0.416 e. The maximum Gasteiger partial charge on any atom is 0.416 e. The van der Waals surface area contributed by atoms with Gasteiger partial charge in [0.1, 0.15) is 11.4 Å². The zero-order chi connectivity index (χ0) is 16.1. The molecule has 0 aromatic carbocycles. The largest absolute Gasteiger partial charge is 0.444 e. The molecular weight excluding hydrogens is 287 g/mol. The first-order valence-electron chi connectivity index (χ1n) is 6.32. The molecule has 0 saturated carbocycles. The molecule has 0 aliphatic carbocycles. The van der Waals surface area contributed by atoms with Gasteiger partial charge in [0, 0.05) is 19.3 Å². The number of nitrogens with zero attached hydrogens (tertiary/aromatic N) is 1. The Morgan fingerprint density at radius 1 is 1.29 bits per heavy atom. The van der Waals surface area contributed by atoms with E-state index in [1.807, 2.05) is 0 Å². The van der Waals surface area contributed by atoms with Crippen LogP contribution in [0.5, 0.6) is 0 Å². The average molecular weight is 305 g/mol. The van der Waals surface area contributed by atoms with Crippen LogP contribution < -0.4 is 10.6 Å². The van der Waals surface area contributed by atoms with Crippen LogP contribution in [0.3, 0.4) is 0 Å². The lowest BCUT2D eigenvalue weighted by atomic mass is 10.2. The number of halogens is 3. The number of carbonyl (C=O) groups excluding carboxylic acids is 1. The first-order chi connectivity index (χ1) is 9.58. The number of ether oxygens (including phenoxy) is 1. The zero-order valence-electron chi connectivity index (χ0n) is 12.0. The third-order valence-corrected chi connectivity index (χ3v) is 2.19. The highest BCUT2D eigenvalue weighted by molar-refractivity contribution is 5.67.